The van der Waals surface area contributed by atoms with Crippen LogP contribution in [0.5, 0.6) is 0 Å². The van der Waals surface area contributed by atoms with Gasteiger partial charge in [-0.3, -0.25) is 9.59 Å². The summed E-state index contributed by atoms with van der Waals surface area (Å²) in [4.78, 5) is 47.0. The van der Waals surface area contributed by atoms with E-state index in [0.717, 1.165) is 11.1 Å². The number of piperazine rings is 1. The molecule has 1 aromatic heterocycles. The first-order valence-electron chi connectivity index (χ1n) is 10.0. The van der Waals surface area contributed by atoms with E-state index in [9.17, 15) is 14.4 Å². The van der Waals surface area contributed by atoms with Crippen LogP contribution in [0.15, 0.2) is 67.0 Å². The first-order valence-corrected chi connectivity index (χ1v) is 10.0. The van der Waals surface area contributed by atoms with Crippen LogP contribution < -0.4 is 5.32 Å². The van der Waals surface area contributed by atoms with Gasteiger partial charge in [-0.1, -0.05) is 42.5 Å². The monoisotopic (exact) mass is 431 g/mol. The summed E-state index contributed by atoms with van der Waals surface area (Å²) in [7, 11) is 0. The molecule has 1 aliphatic heterocycles. The highest BCUT2D eigenvalue weighted by atomic mass is 16.4. The van der Waals surface area contributed by atoms with E-state index < -0.39 is 17.8 Å². The number of aromatic nitrogens is 2. The third kappa shape index (κ3) is 4.89. The average Bonchev–Trinajstić information content (AvgIpc) is 2.81. The van der Waals surface area contributed by atoms with Gasteiger partial charge in [0.15, 0.2) is 0 Å². The molecule has 1 aliphatic rings. The van der Waals surface area contributed by atoms with Gasteiger partial charge in [0.05, 0.1) is 5.56 Å². The van der Waals surface area contributed by atoms with E-state index >= 15 is 0 Å². The van der Waals surface area contributed by atoms with Gasteiger partial charge in [0.1, 0.15) is 0 Å². The molecule has 0 aliphatic carbocycles. The zero-order valence-corrected chi connectivity index (χ0v) is 17.1. The molecule has 3 aromatic rings. The number of carboxylic acids is 1. The van der Waals surface area contributed by atoms with Crippen molar-refractivity contribution < 1.29 is 19.5 Å². The Bertz CT molecular complexity index is 1120. The van der Waals surface area contributed by atoms with Gasteiger partial charge in [0.25, 0.3) is 0 Å². The number of carboxylic acid groups (broad SMARTS) is 1. The largest absolute Gasteiger partial charge is 0.478 e. The van der Waals surface area contributed by atoms with Crippen LogP contribution in [-0.4, -0.2) is 55.7 Å². The SMILES string of the molecule is O=C(O)c1cnc(Nc2ccc(CN3CCN(Cc4ccccc4)C(=O)C3=O)cc2)nc1. The molecule has 32 heavy (non-hydrogen) atoms. The third-order valence-corrected chi connectivity index (χ3v) is 5.10. The lowest BCUT2D eigenvalue weighted by Crippen LogP contribution is -2.53. The highest BCUT2D eigenvalue weighted by Gasteiger charge is 2.32. The number of hydrogen-bond acceptors (Lipinski definition) is 6. The second kappa shape index (κ2) is 9.25. The van der Waals surface area contributed by atoms with E-state index in [4.69, 9.17) is 5.11 Å². The number of carbonyl (C=O) groups excluding carboxylic acids is 2. The molecule has 0 bridgehead atoms. The Morgan fingerprint density at radius 3 is 1.91 bits per heavy atom. The predicted octanol–water partition coefficient (Wildman–Crippen LogP) is 2.29. The van der Waals surface area contributed by atoms with Crippen molar-refractivity contribution in [1.82, 2.24) is 19.8 Å². The fourth-order valence-electron chi connectivity index (χ4n) is 3.37. The fraction of sp³-hybridized carbons (Fsp3) is 0.174. The van der Waals surface area contributed by atoms with E-state index in [-0.39, 0.29) is 11.5 Å². The molecule has 4 rings (SSSR count). The van der Waals surface area contributed by atoms with E-state index in [1.54, 1.807) is 9.80 Å². The minimum atomic E-state index is -1.09. The number of anilines is 2. The summed E-state index contributed by atoms with van der Waals surface area (Å²) < 4.78 is 0. The summed E-state index contributed by atoms with van der Waals surface area (Å²) in [6, 6.07) is 16.9. The molecule has 162 valence electrons. The molecule has 9 heteroatoms. The Kier molecular flexibility index (Phi) is 6.07. The number of benzene rings is 2. The second-order valence-electron chi connectivity index (χ2n) is 7.36. The van der Waals surface area contributed by atoms with Gasteiger partial charge < -0.3 is 20.2 Å². The van der Waals surface area contributed by atoms with Gasteiger partial charge in [0.2, 0.25) is 5.95 Å². The van der Waals surface area contributed by atoms with E-state index in [2.05, 4.69) is 15.3 Å². The van der Waals surface area contributed by atoms with Crippen molar-refractivity contribution in [3.8, 4) is 0 Å². The summed E-state index contributed by atoms with van der Waals surface area (Å²) >= 11 is 0. The van der Waals surface area contributed by atoms with Crippen LogP contribution in [0, 0.1) is 0 Å². The molecule has 2 aromatic carbocycles. The standard InChI is InChI=1S/C23H21N5O4/c29-20-21(30)28(11-10-27(20)14-16-4-2-1-3-5-16)15-17-6-8-19(9-7-17)26-23-24-12-18(13-25-23)22(31)32/h1-9,12-13H,10-11,14-15H2,(H,31,32)(H,24,25,26). The number of amides is 2. The molecule has 0 radical (unpaired) electrons. The van der Waals surface area contributed by atoms with Crippen LogP contribution in [0.2, 0.25) is 0 Å². The van der Waals surface area contributed by atoms with Crippen molar-refractivity contribution in [2.24, 2.45) is 0 Å². The van der Waals surface area contributed by atoms with Gasteiger partial charge in [-0.2, -0.15) is 0 Å². The molecule has 0 spiro atoms. The molecular formula is C23H21N5O4. The van der Waals surface area contributed by atoms with Gasteiger partial charge in [-0.05, 0) is 23.3 Å². The molecule has 2 N–H and O–H groups in total. The number of aromatic carboxylic acids is 1. The number of rotatable bonds is 7. The smallest absolute Gasteiger partial charge is 0.338 e. The van der Waals surface area contributed by atoms with Crippen molar-refractivity contribution in [3.63, 3.8) is 0 Å². The summed E-state index contributed by atoms with van der Waals surface area (Å²) in [6.45, 7) is 1.73. The van der Waals surface area contributed by atoms with Crippen molar-refractivity contribution >= 4 is 29.4 Å². The quantitative estimate of drug-likeness (QED) is 0.552. The van der Waals surface area contributed by atoms with Gasteiger partial charge in [0, 0.05) is 44.3 Å². The van der Waals surface area contributed by atoms with Gasteiger partial charge in [-0.15, -0.1) is 0 Å². The molecule has 2 heterocycles. The minimum absolute atomic E-state index is 0.00831. The summed E-state index contributed by atoms with van der Waals surface area (Å²) in [5.74, 6) is -1.80. The maximum Gasteiger partial charge on any atom is 0.338 e. The first-order chi connectivity index (χ1) is 15.5. The van der Waals surface area contributed by atoms with Crippen molar-refractivity contribution in [3.05, 3.63) is 83.7 Å². The molecule has 1 fully saturated rings. The highest BCUT2D eigenvalue weighted by Crippen LogP contribution is 2.17. The Hall–Kier alpha value is -4.27. The average molecular weight is 431 g/mol. The summed E-state index contributed by atoms with van der Waals surface area (Å²) in [5, 5.41) is 11.9. The van der Waals surface area contributed by atoms with Crippen LogP contribution in [0.25, 0.3) is 0 Å². The lowest BCUT2D eigenvalue weighted by Gasteiger charge is -2.33. The maximum absolute atomic E-state index is 12.6. The molecular weight excluding hydrogens is 410 g/mol. The number of nitrogens with one attached hydrogen (secondary N) is 1. The molecule has 2 amide bonds. The Morgan fingerprint density at radius 1 is 0.844 bits per heavy atom. The van der Waals surface area contributed by atoms with Crippen LogP contribution in [0.4, 0.5) is 11.6 Å². The van der Waals surface area contributed by atoms with Crippen molar-refractivity contribution in [2.75, 3.05) is 18.4 Å². The topological polar surface area (TPSA) is 116 Å². The third-order valence-electron chi connectivity index (χ3n) is 5.10. The molecule has 0 atom stereocenters. The van der Waals surface area contributed by atoms with Crippen molar-refractivity contribution in [1.29, 1.82) is 0 Å². The lowest BCUT2D eigenvalue weighted by atomic mass is 10.1. The fourth-order valence-corrected chi connectivity index (χ4v) is 3.37. The zero-order valence-electron chi connectivity index (χ0n) is 17.1. The van der Waals surface area contributed by atoms with Crippen LogP contribution >= 0.6 is 0 Å². The van der Waals surface area contributed by atoms with Gasteiger partial charge in [-0.25, -0.2) is 14.8 Å². The number of nitrogens with zero attached hydrogens (tertiary/aromatic N) is 4. The second-order valence-corrected chi connectivity index (χ2v) is 7.36. The number of carbonyl (C=O) groups is 3. The van der Waals surface area contributed by atoms with Crippen molar-refractivity contribution in [2.45, 2.75) is 13.1 Å². The lowest BCUT2D eigenvalue weighted by molar-refractivity contribution is -0.156. The van der Waals surface area contributed by atoms with E-state index in [1.807, 2.05) is 54.6 Å². The Balaban J connectivity index is 1.34. The first kappa shape index (κ1) is 21.0. The number of hydrogen-bond donors (Lipinski definition) is 2. The Morgan fingerprint density at radius 2 is 1.38 bits per heavy atom. The molecule has 0 saturated carbocycles. The highest BCUT2D eigenvalue weighted by molar-refractivity contribution is 6.35. The van der Waals surface area contributed by atoms with Gasteiger partial charge >= 0.3 is 17.8 Å². The molecule has 0 unspecified atom stereocenters. The predicted molar refractivity (Wildman–Crippen MR) is 116 cm³/mol. The molecule has 1 saturated heterocycles. The van der Waals surface area contributed by atoms with Crippen LogP contribution in [-0.2, 0) is 22.7 Å². The van der Waals surface area contributed by atoms with Crippen LogP contribution in [0.3, 0.4) is 0 Å². The van der Waals surface area contributed by atoms with E-state index in [0.29, 0.717) is 31.9 Å². The maximum atomic E-state index is 12.6. The normalized spacial score (nSPS) is 13.9. The summed E-state index contributed by atoms with van der Waals surface area (Å²) in [5.41, 5.74) is 2.60. The summed E-state index contributed by atoms with van der Waals surface area (Å²) in [6.07, 6.45) is 2.46. The Labute approximate surface area is 184 Å². The molecule has 9 nitrogen and oxygen atoms in total. The van der Waals surface area contributed by atoms with Crippen LogP contribution in [0.1, 0.15) is 21.5 Å². The minimum Gasteiger partial charge on any atom is -0.478 e. The van der Waals surface area contributed by atoms with E-state index in [1.165, 1.54) is 12.4 Å². The zero-order chi connectivity index (χ0) is 22.5.